The highest BCUT2D eigenvalue weighted by atomic mass is 79.9. The van der Waals surface area contributed by atoms with E-state index in [-0.39, 0.29) is 29.3 Å². The summed E-state index contributed by atoms with van der Waals surface area (Å²) >= 11 is 3.51. The van der Waals surface area contributed by atoms with Crippen molar-refractivity contribution >= 4 is 24.2 Å². The molecule has 0 aliphatic carbocycles. The third-order valence-corrected chi connectivity index (χ3v) is 11.0. The molecule has 0 aromatic heterocycles. The van der Waals surface area contributed by atoms with Crippen molar-refractivity contribution in [3.8, 4) is 0 Å². The minimum Gasteiger partial charge on any atom is -0.415 e. The number of rotatable bonds is 4. The van der Waals surface area contributed by atoms with Crippen LogP contribution in [-0.2, 0) is 13.9 Å². The molecule has 0 spiro atoms. The molecule has 2 fully saturated rings. The standard InChI is InChI=1S/C20H32BrNO3Si/c1-19(2,3)26(6,7)23-12-15-17-18(25-20(4,5)24-17)16(22-15)13-8-10-14(21)11-9-13/h8-11,15-18,22H,12H2,1-7H3/t15-,16+,17-,18+/m1/s1. The van der Waals surface area contributed by atoms with Gasteiger partial charge in [0.25, 0.3) is 0 Å². The SMILES string of the molecule is CC1(C)O[C@@H]2[C@H](O1)[C@@H](CO[Si](C)(C)C(C)(C)C)N[C@H]2c1ccc(Br)cc1. The van der Waals surface area contributed by atoms with Crippen LogP contribution in [0.1, 0.15) is 46.2 Å². The summed E-state index contributed by atoms with van der Waals surface area (Å²) in [7, 11) is -1.80. The maximum absolute atomic E-state index is 6.49. The van der Waals surface area contributed by atoms with E-state index in [1.165, 1.54) is 5.56 Å². The molecule has 1 aromatic carbocycles. The van der Waals surface area contributed by atoms with Gasteiger partial charge in [-0.25, -0.2) is 0 Å². The number of halogens is 1. The summed E-state index contributed by atoms with van der Waals surface area (Å²) in [5.41, 5.74) is 1.22. The molecule has 2 saturated heterocycles. The second kappa shape index (κ2) is 6.98. The summed E-state index contributed by atoms with van der Waals surface area (Å²) in [5, 5.41) is 3.92. The predicted octanol–water partition coefficient (Wildman–Crippen LogP) is 5.00. The monoisotopic (exact) mass is 441 g/mol. The summed E-state index contributed by atoms with van der Waals surface area (Å²) < 4.78 is 20.1. The highest BCUT2D eigenvalue weighted by Crippen LogP contribution is 2.43. The molecule has 4 atom stereocenters. The fourth-order valence-electron chi connectivity index (χ4n) is 3.42. The van der Waals surface area contributed by atoms with Crippen LogP contribution in [0.15, 0.2) is 28.7 Å². The van der Waals surface area contributed by atoms with Gasteiger partial charge in [-0.2, -0.15) is 0 Å². The zero-order valence-electron chi connectivity index (χ0n) is 16.9. The van der Waals surface area contributed by atoms with Crippen molar-refractivity contribution in [2.24, 2.45) is 0 Å². The molecular weight excluding hydrogens is 410 g/mol. The van der Waals surface area contributed by atoms with E-state index in [1.807, 2.05) is 13.8 Å². The Kier molecular flexibility index (Phi) is 5.50. The Morgan fingerprint density at radius 3 is 2.27 bits per heavy atom. The van der Waals surface area contributed by atoms with Gasteiger partial charge in [0.2, 0.25) is 0 Å². The zero-order chi connectivity index (χ0) is 19.3. The van der Waals surface area contributed by atoms with Gasteiger partial charge in [0, 0.05) is 4.47 Å². The number of hydrogen-bond donors (Lipinski definition) is 1. The first-order valence-corrected chi connectivity index (χ1v) is 13.1. The van der Waals surface area contributed by atoms with Gasteiger partial charge in [-0.05, 0) is 49.7 Å². The minimum atomic E-state index is -1.80. The van der Waals surface area contributed by atoms with E-state index in [4.69, 9.17) is 13.9 Å². The van der Waals surface area contributed by atoms with Crippen LogP contribution in [0, 0.1) is 0 Å². The number of hydrogen-bond acceptors (Lipinski definition) is 4. The maximum atomic E-state index is 6.49. The first kappa shape index (κ1) is 20.5. The minimum absolute atomic E-state index is 0.000749. The largest absolute Gasteiger partial charge is 0.415 e. The highest BCUT2D eigenvalue weighted by molar-refractivity contribution is 9.10. The smallest absolute Gasteiger partial charge is 0.192 e. The fraction of sp³-hybridized carbons (Fsp3) is 0.700. The average molecular weight is 442 g/mol. The molecule has 2 aliphatic heterocycles. The normalized spacial score (nSPS) is 31.2. The molecule has 2 aliphatic rings. The molecule has 4 nitrogen and oxygen atoms in total. The van der Waals surface area contributed by atoms with Crippen LogP contribution in [-0.4, -0.2) is 39.0 Å². The van der Waals surface area contributed by atoms with Gasteiger partial charge in [0.15, 0.2) is 14.1 Å². The highest BCUT2D eigenvalue weighted by Gasteiger charge is 2.54. The van der Waals surface area contributed by atoms with Crippen molar-refractivity contribution < 1.29 is 13.9 Å². The Morgan fingerprint density at radius 1 is 1.12 bits per heavy atom. The van der Waals surface area contributed by atoms with Gasteiger partial charge in [-0.3, -0.25) is 0 Å². The lowest BCUT2D eigenvalue weighted by Gasteiger charge is -2.37. The molecule has 1 aromatic rings. The van der Waals surface area contributed by atoms with E-state index in [2.05, 4.69) is 79.4 Å². The quantitative estimate of drug-likeness (QED) is 0.666. The number of fused-ring (bicyclic) bond motifs is 1. The molecule has 146 valence electrons. The van der Waals surface area contributed by atoms with E-state index in [1.54, 1.807) is 0 Å². The molecule has 3 rings (SSSR count). The van der Waals surface area contributed by atoms with Gasteiger partial charge >= 0.3 is 0 Å². The Morgan fingerprint density at radius 2 is 1.69 bits per heavy atom. The molecule has 1 N–H and O–H groups in total. The van der Waals surface area contributed by atoms with Crippen molar-refractivity contribution in [2.45, 2.75) is 82.8 Å². The van der Waals surface area contributed by atoms with Crippen molar-refractivity contribution in [3.63, 3.8) is 0 Å². The average Bonchev–Trinajstić information content (AvgIpc) is 2.98. The summed E-state index contributed by atoms with van der Waals surface area (Å²) in [6.07, 6.45) is 0.00241. The van der Waals surface area contributed by atoms with E-state index < -0.39 is 14.1 Å². The second-order valence-electron chi connectivity index (χ2n) is 9.44. The predicted molar refractivity (Wildman–Crippen MR) is 111 cm³/mol. The van der Waals surface area contributed by atoms with E-state index in [0.29, 0.717) is 6.61 Å². The Labute approximate surface area is 167 Å². The third kappa shape index (κ3) is 4.10. The van der Waals surface area contributed by atoms with Crippen molar-refractivity contribution in [1.29, 1.82) is 0 Å². The summed E-state index contributed by atoms with van der Waals surface area (Å²) in [5.74, 6) is -0.555. The first-order valence-electron chi connectivity index (χ1n) is 9.41. The molecule has 0 radical (unpaired) electrons. The van der Waals surface area contributed by atoms with Crippen LogP contribution in [0.4, 0.5) is 0 Å². The molecule has 26 heavy (non-hydrogen) atoms. The summed E-state index contributed by atoms with van der Waals surface area (Å²) in [6, 6.07) is 8.68. The molecule has 0 saturated carbocycles. The van der Waals surface area contributed by atoms with Gasteiger partial charge in [-0.15, -0.1) is 0 Å². The molecule has 0 unspecified atom stereocenters. The lowest BCUT2D eigenvalue weighted by molar-refractivity contribution is -0.157. The van der Waals surface area contributed by atoms with Crippen LogP contribution in [0.5, 0.6) is 0 Å². The zero-order valence-corrected chi connectivity index (χ0v) is 19.5. The van der Waals surface area contributed by atoms with Gasteiger partial charge in [0.05, 0.1) is 18.7 Å². The van der Waals surface area contributed by atoms with Crippen LogP contribution >= 0.6 is 15.9 Å². The number of benzene rings is 1. The van der Waals surface area contributed by atoms with E-state index in [9.17, 15) is 0 Å². The topological polar surface area (TPSA) is 39.7 Å². The summed E-state index contributed by atoms with van der Waals surface area (Å²) in [4.78, 5) is 0. The molecule has 6 heteroatoms. The van der Waals surface area contributed by atoms with Crippen LogP contribution in [0.3, 0.4) is 0 Å². The Hall–Kier alpha value is -0.243. The third-order valence-electron chi connectivity index (χ3n) is 5.94. The van der Waals surface area contributed by atoms with Gasteiger partial charge in [-0.1, -0.05) is 48.8 Å². The molecule has 0 amide bonds. The molecule has 0 bridgehead atoms. The fourth-order valence-corrected chi connectivity index (χ4v) is 4.71. The lowest BCUT2D eigenvalue weighted by atomic mass is 10.0. The van der Waals surface area contributed by atoms with E-state index >= 15 is 0 Å². The number of nitrogens with one attached hydrogen (secondary N) is 1. The molecular formula is C20H32BrNO3Si. The van der Waals surface area contributed by atoms with Crippen molar-refractivity contribution in [1.82, 2.24) is 5.32 Å². The lowest BCUT2D eigenvalue weighted by Crippen LogP contribution is -2.47. The summed E-state index contributed by atoms with van der Waals surface area (Å²) in [6.45, 7) is 16.0. The molecule has 2 heterocycles. The van der Waals surface area contributed by atoms with Crippen molar-refractivity contribution in [3.05, 3.63) is 34.3 Å². The number of ether oxygens (including phenoxy) is 2. The van der Waals surface area contributed by atoms with Crippen LogP contribution < -0.4 is 5.32 Å². The van der Waals surface area contributed by atoms with E-state index in [0.717, 1.165) is 4.47 Å². The van der Waals surface area contributed by atoms with Crippen LogP contribution in [0.2, 0.25) is 18.1 Å². The maximum Gasteiger partial charge on any atom is 0.192 e. The van der Waals surface area contributed by atoms with Gasteiger partial charge in [0.1, 0.15) is 12.2 Å². The van der Waals surface area contributed by atoms with Crippen molar-refractivity contribution in [2.75, 3.05) is 6.61 Å². The van der Waals surface area contributed by atoms with Gasteiger partial charge < -0.3 is 19.2 Å². The second-order valence-corrected chi connectivity index (χ2v) is 15.2. The Balaban J connectivity index is 1.78. The Bertz CT molecular complexity index is 641. The first-order chi connectivity index (χ1) is 11.9. The van der Waals surface area contributed by atoms with Crippen LogP contribution in [0.25, 0.3) is 0 Å².